The Balaban J connectivity index is 3.11. The molecule has 0 fully saturated rings. The highest BCUT2D eigenvalue weighted by Crippen LogP contribution is 2.30. The maximum atomic E-state index is 12.1. The summed E-state index contributed by atoms with van der Waals surface area (Å²) in [5, 5.41) is 0. The molecule has 0 unspecified atom stereocenters. The molecule has 19 heavy (non-hydrogen) atoms. The van der Waals surface area contributed by atoms with Crippen molar-refractivity contribution in [2.45, 2.75) is 13.0 Å². The minimum Gasteiger partial charge on any atom is -0.465 e. The molecule has 0 aliphatic heterocycles. The Bertz CT molecular complexity index is 458. The number of hydrogen-bond donors (Lipinski definition) is 0. The van der Waals surface area contributed by atoms with Crippen LogP contribution in [0, 0.1) is 0 Å². The number of alkyl halides is 5. The van der Waals surface area contributed by atoms with Crippen LogP contribution in [0.3, 0.4) is 0 Å². The molecular formula is C10H7F5O4. The maximum absolute atomic E-state index is 12.1. The molecule has 0 aliphatic rings. The van der Waals surface area contributed by atoms with Gasteiger partial charge in [-0.3, -0.25) is 0 Å². The summed E-state index contributed by atoms with van der Waals surface area (Å²) in [6, 6.07) is 2.12. The van der Waals surface area contributed by atoms with Crippen LogP contribution < -0.4 is 9.47 Å². The van der Waals surface area contributed by atoms with Crippen LogP contribution in [-0.2, 0) is 4.74 Å². The average molecular weight is 286 g/mol. The van der Waals surface area contributed by atoms with Gasteiger partial charge in [0.1, 0.15) is 17.1 Å². The Kier molecular flexibility index (Phi) is 4.52. The molecule has 9 heteroatoms. The molecule has 0 spiro atoms. The molecule has 0 aromatic heterocycles. The second-order valence-electron chi connectivity index (χ2n) is 3.08. The third-order valence-corrected chi connectivity index (χ3v) is 1.81. The Morgan fingerprint density at radius 3 is 2.37 bits per heavy atom. The van der Waals surface area contributed by atoms with Gasteiger partial charge in [0, 0.05) is 6.07 Å². The van der Waals surface area contributed by atoms with Gasteiger partial charge in [-0.25, -0.2) is 4.79 Å². The van der Waals surface area contributed by atoms with E-state index in [0.717, 1.165) is 19.2 Å². The Hall–Kier alpha value is -2.06. The van der Waals surface area contributed by atoms with Gasteiger partial charge in [-0.15, -0.1) is 13.2 Å². The van der Waals surface area contributed by atoms with Gasteiger partial charge in [-0.05, 0) is 12.1 Å². The van der Waals surface area contributed by atoms with E-state index in [1.54, 1.807) is 0 Å². The highest BCUT2D eigenvalue weighted by molar-refractivity contribution is 5.92. The molecule has 0 atom stereocenters. The van der Waals surface area contributed by atoms with E-state index in [-0.39, 0.29) is 0 Å². The monoisotopic (exact) mass is 286 g/mol. The lowest BCUT2D eigenvalue weighted by atomic mass is 10.2. The molecule has 4 nitrogen and oxygen atoms in total. The fourth-order valence-corrected chi connectivity index (χ4v) is 1.17. The predicted molar refractivity (Wildman–Crippen MR) is 51.1 cm³/mol. The number of carbonyl (C=O) groups is 1. The topological polar surface area (TPSA) is 44.8 Å². The second kappa shape index (κ2) is 5.72. The number of carbonyl (C=O) groups excluding carboxylic acids is 1. The number of hydrogen-bond acceptors (Lipinski definition) is 4. The first-order valence-corrected chi connectivity index (χ1v) is 4.66. The van der Waals surface area contributed by atoms with Crippen molar-refractivity contribution in [1.82, 2.24) is 0 Å². The summed E-state index contributed by atoms with van der Waals surface area (Å²) in [6.07, 6.45) is -4.99. The maximum Gasteiger partial charge on any atom is 0.573 e. The molecule has 1 aromatic carbocycles. The zero-order chi connectivity index (χ0) is 14.6. The van der Waals surface area contributed by atoms with Crippen molar-refractivity contribution >= 4 is 5.97 Å². The standard InChI is InChI=1S/C10H7F5O4/c1-17-8(16)6-3-2-5(19-10(13,14)15)4-7(6)18-9(11)12/h2-4,9H,1H3. The van der Waals surface area contributed by atoms with E-state index in [1.165, 1.54) is 0 Å². The number of esters is 1. The largest absolute Gasteiger partial charge is 0.573 e. The lowest BCUT2D eigenvalue weighted by molar-refractivity contribution is -0.274. The lowest BCUT2D eigenvalue weighted by Crippen LogP contribution is -2.17. The van der Waals surface area contributed by atoms with Crippen LogP contribution in [-0.4, -0.2) is 26.1 Å². The predicted octanol–water partition coefficient (Wildman–Crippen LogP) is 2.97. The smallest absolute Gasteiger partial charge is 0.465 e. The van der Waals surface area contributed by atoms with Crippen molar-refractivity contribution in [3.8, 4) is 11.5 Å². The molecule has 0 N–H and O–H groups in total. The third kappa shape index (κ3) is 4.60. The molecule has 0 saturated heterocycles. The Labute approximate surface area is 103 Å². The highest BCUT2D eigenvalue weighted by atomic mass is 19.4. The van der Waals surface area contributed by atoms with Gasteiger partial charge in [0.15, 0.2) is 0 Å². The van der Waals surface area contributed by atoms with Crippen LogP contribution in [0.4, 0.5) is 22.0 Å². The minimum atomic E-state index is -4.99. The van der Waals surface area contributed by atoms with Crippen LogP contribution in [0.25, 0.3) is 0 Å². The summed E-state index contributed by atoms with van der Waals surface area (Å²) in [6.45, 7) is -3.32. The molecule has 106 valence electrons. The molecule has 1 rings (SSSR count). The van der Waals surface area contributed by atoms with Crippen LogP contribution in [0.15, 0.2) is 18.2 Å². The van der Waals surface area contributed by atoms with E-state index in [2.05, 4.69) is 14.2 Å². The summed E-state index contributed by atoms with van der Waals surface area (Å²) < 4.78 is 71.8. The average Bonchev–Trinajstić information content (AvgIpc) is 2.25. The van der Waals surface area contributed by atoms with Crippen molar-refractivity contribution < 1.29 is 41.0 Å². The number of ether oxygens (including phenoxy) is 3. The minimum absolute atomic E-state index is 0.447. The zero-order valence-corrected chi connectivity index (χ0v) is 9.33. The van der Waals surface area contributed by atoms with E-state index in [0.29, 0.717) is 6.07 Å². The van der Waals surface area contributed by atoms with Gasteiger partial charge in [0.25, 0.3) is 0 Å². The fourth-order valence-electron chi connectivity index (χ4n) is 1.17. The molecule has 0 amide bonds. The first-order chi connectivity index (χ1) is 8.73. The van der Waals surface area contributed by atoms with E-state index in [4.69, 9.17) is 0 Å². The van der Waals surface area contributed by atoms with Crippen LogP contribution in [0.5, 0.6) is 11.5 Å². The number of methoxy groups -OCH3 is 1. The highest BCUT2D eigenvalue weighted by Gasteiger charge is 2.31. The summed E-state index contributed by atoms with van der Waals surface area (Å²) in [5.41, 5.74) is -0.447. The summed E-state index contributed by atoms with van der Waals surface area (Å²) in [7, 11) is 0.981. The molecule has 0 aliphatic carbocycles. The quantitative estimate of drug-likeness (QED) is 0.630. The molecule has 0 heterocycles. The normalized spacial score (nSPS) is 11.3. The van der Waals surface area contributed by atoms with Gasteiger partial charge in [0.05, 0.1) is 7.11 Å². The Morgan fingerprint density at radius 1 is 1.26 bits per heavy atom. The number of benzene rings is 1. The van der Waals surface area contributed by atoms with Gasteiger partial charge < -0.3 is 14.2 Å². The molecule has 0 bridgehead atoms. The fraction of sp³-hybridized carbons (Fsp3) is 0.300. The van der Waals surface area contributed by atoms with Gasteiger partial charge >= 0.3 is 18.9 Å². The van der Waals surface area contributed by atoms with E-state index in [1.807, 2.05) is 0 Å². The lowest BCUT2D eigenvalue weighted by Gasteiger charge is -2.13. The van der Waals surface area contributed by atoms with Crippen molar-refractivity contribution in [2.24, 2.45) is 0 Å². The van der Waals surface area contributed by atoms with E-state index >= 15 is 0 Å². The van der Waals surface area contributed by atoms with Crippen molar-refractivity contribution in [3.63, 3.8) is 0 Å². The Morgan fingerprint density at radius 2 is 1.89 bits per heavy atom. The molecular weight excluding hydrogens is 279 g/mol. The van der Waals surface area contributed by atoms with Gasteiger partial charge in [-0.2, -0.15) is 8.78 Å². The summed E-state index contributed by atoms with van der Waals surface area (Å²) >= 11 is 0. The third-order valence-electron chi connectivity index (χ3n) is 1.81. The number of halogens is 5. The van der Waals surface area contributed by atoms with E-state index < -0.39 is 36.0 Å². The molecule has 1 aromatic rings. The number of rotatable bonds is 4. The molecule has 0 radical (unpaired) electrons. The zero-order valence-electron chi connectivity index (χ0n) is 9.33. The van der Waals surface area contributed by atoms with Crippen LogP contribution in [0.2, 0.25) is 0 Å². The van der Waals surface area contributed by atoms with Crippen molar-refractivity contribution in [2.75, 3.05) is 7.11 Å². The summed E-state index contributed by atoms with van der Waals surface area (Å²) in [5.74, 6) is -2.60. The van der Waals surface area contributed by atoms with Gasteiger partial charge in [-0.1, -0.05) is 0 Å². The van der Waals surface area contributed by atoms with Gasteiger partial charge in [0.2, 0.25) is 0 Å². The first-order valence-electron chi connectivity index (χ1n) is 4.66. The van der Waals surface area contributed by atoms with Crippen LogP contribution >= 0.6 is 0 Å². The van der Waals surface area contributed by atoms with Crippen LogP contribution in [0.1, 0.15) is 10.4 Å². The van der Waals surface area contributed by atoms with Crippen molar-refractivity contribution in [3.05, 3.63) is 23.8 Å². The first kappa shape index (κ1) is 15.0. The molecule has 0 saturated carbocycles. The van der Waals surface area contributed by atoms with E-state index in [9.17, 15) is 26.7 Å². The summed E-state index contributed by atoms with van der Waals surface area (Å²) in [4.78, 5) is 11.2. The van der Waals surface area contributed by atoms with Crippen molar-refractivity contribution in [1.29, 1.82) is 0 Å². The second-order valence-corrected chi connectivity index (χ2v) is 3.08. The SMILES string of the molecule is COC(=O)c1ccc(OC(F)(F)F)cc1OC(F)F.